The number of carbonyl (C=O) groups excluding carboxylic acids is 2. The Morgan fingerprint density at radius 3 is 2.90 bits per heavy atom. The molecule has 0 saturated carbocycles. The van der Waals surface area contributed by atoms with Crippen LogP contribution in [0.3, 0.4) is 0 Å². The second-order valence-corrected chi connectivity index (χ2v) is 5.51. The molecule has 2 rings (SSSR count). The summed E-state index contributed by atoms with van der Waals surface area (Å²) in [6.07, 6.45) is 6.89. The lowest BCUT2D eigenvalue weighted by Gasteiger charge is -2.30. The number of aromatic nitrogens is 2. The van der Waals surface area contributed by atoms with Gasteiger partial charge in [-0.2, -0.15) is 5.10 Å². The van der Waals surface area contributed by atoms with E-state index in [0.29, 0.717) is 25.9 Å². The van der Waals surface area contributed by atoms with Crippen molar-refractivity contribution in [3.63, 3.8) is 0 Å². The van der Waals surface area contributed by atoms with Gasteiger partial charge in [0.25, 0.3) is 0 Å². The Morgan fingerprint density at radius 2 is 2.29 bits per heavy atom. The molecule has 0 radical (unpaired) electrons. The zero-order valence-corrected chi connectivity index (χ0v) is 12.9. The van der Waals surface area contributed by atoms with Crippen LogP contribution in [-0.2, 0) is 9.59 Å². The summed E-state index contributed by atoms with van der Waals surface area (Å²) in [7, 11) is 1.79. The quantitative estimate of drug-likeness (QED) is 0.794. The van der Waals surface area contributed by atoms with E-state index < -0.39 is 0 Å². The molecule has 0 N–H and O–H groups in total. The summed E-state index contributed by atoms with van der Waals surface area (Å²) in [4.78, 5) is 27.8. The molecule has 116 valence electrons. The van der Waals surface area contributed by atoms with Crippen molar-refractivity contribution >= 4 is 11.8 Å². The van der Waals surface area contributed by atoms with Crippen LogP contribution in [0.5, 0.6) is 0 Å². The molecule has 6 nitrogen and oxygen atoms in total. The summed E-state index contributed by atoms with van der Waals surface area (Å²) in [5.74, 6) is 0.256. The van der Waals surface area contributed by atoms with E-state index in [2.05, 4.69) is 5.10 Å². The van der Waals surface area contributed by atoms with Crippen LogP contribution in [0.1, 0.15) is 38.6 Å². The molecule has 1 fully saturated rings. The van der Waals surface area contributed by atoms with E-state index in [-0.39, 0.29) is 17.9 Å². The molecule has 1 saturated heterocycles. The van der Waals surface area contributed by atoms with Gasteiger partial charge < -0.3 is 9.80 Å². The largest absolute Gasteiger partial charge is 0.342 e. The van der Waals surface area contributed by atoms with E-state index in [1.165, 1.54) is 0 Å². The first-order valence-electron chi connectivity index (χ1n) is 7.65. The maximum absolute atomic E-state index is 12.5. The standard InChI is InChI=1S/C15H24N4O2/c1-3-13(19-10-6-8-16-19)15(21)17(2)11-12-18-9-5-4-7-14(18)20/h6,8,10,13H,3-5,7,9,11-12H2,1-2H3/t13-/m1/s1. The number of amides is 2. The van der Waals surface area contributed by atoms with Gasteiger partial charge in [-0.05, 0) is 25.3 Å². The Bertz CT molecular complexity index is 472. The Morgan fingerprint density at radius 1 is 1.48 bits per heavy atom. The third-order valence-corrected chi connectivity index (χ3v) is 4.02. The lowest BCUT2D eigenvalue weighted by molar-refractivity contribution is -0.137. The van der Waals surface area contributed by atoms with E-state index in [0.717, 1.165) is 19.4 Å². The molecule has 0 aliphatic carbocycles. The number of carbonyl (C=O) groups is 2. The molecule has 0 spiro atoms. The second-order valence-electron chi connectivity index (χ2n) is 5.51. The average Bonchev–Trinajstić information content (AvgIpc) is 3.01. The molecule has 21 heavy (non-hydrogen) atoms. The van der Waals surface area contributed by atoms with Gasteiger partial charge >= 0.3 is 0 Å². The van der Waals surface area contributed by atoms with Gasteiger partial charge in [0, 0.05) is 45.5 Å². The van der Waals surface area contributed by atoms with Crippen LogP contribution >= 0.6 is 0 Å². The normalized spacial score (nSPS) is 16.9. The van der Waals surface area contributed by atoms with Crippen molar-refractivity contribution in [1.29, 1.82) is 0 Å². The highest BCUT2D eigenvalue weighted by molar-refractivity contribution is 5.80. The van der Waals surface area contributed by atoms with Crippen LogP contribution in [0.25, 0.3) is 0 Å². The van der Waals surface area contributed by atoms with Gasteiger partial charge in [0.2, 0.25) is 11.8 Å². The zero-order valence-electron chi connectivity index (χ0n) is 12.9. The van der Waals surface area contributed by atoms with Crippen LogP contribution in [0.2, 0.25) is 0 Å². The van der Waals surface area contributed by atoms with Gasteiger partial charge in [0.1, 0.15) is 6.04 Å². The predicted molar refractivity (Wildman–Crippen MR) is 79.6 cm³/mol. The molecule has 0 unspecified atom stereocenters. The molecule has 0 bridgehead atoms. The van der Waals surface area contributed by atoms with Crippen molar-refractivity contribution in [2.24, 2.45) is 0 Å². The number of rotatable bonds is 6. The van der Waals surface area contributed by atoms with E-state index >= 15 is 0 Å². The van der Waals surface area contributed by atoms with E-state index in [1.807, 2.05) is 24.1 Å². The molecule has 2 heterocycles. The molecule has 1 aromatic heterocycles. The van der Waals surface area contributed by atoms with Gasteiger partial charge in [0.15, 0.2) is 0 Å². The van der Waals surface area contributed by atoms with Crippen LogP contribution in [0.4, 0.5) is 0 Å². The highest BCUT2D eigenvalue weighted by Gasteiger charge is 2.24. The lowest BCUT2D eigenvalue weighted by atomic mass is 10.1. The molecule has 1 aromatic rings. The summed E-state index contributed by atoms with van der Waals surface area (Å²) >= 11 is 0. The fraction of sp³-hybridized carbons (Fsp3) is 0.667. The van der Waals surface area contributed by atoms with Gasteiger partial charge in [-0.15, -0.1) is 0 Å². The molecule has 0 aromatic carbocycles. The minimum absolute atomic E-state index is 0.0469. The maximum atomic E-state index is 12.5. The second kappa shape index (κ2) is 7.24. The van der Waals surface area contributed by atoms with Gasteiger partial charge in [0.05, 0.1) is 0 Å². The highest BCUT2D eigenvalue weighted by Crippen LogP contribution is 2.14. The van der Waals surface area contributed by atoms with Crippen LogP contribution in [-0.4, -0.2) is 58.1 Å². The first-order valence-corrected chi connectivity index (χ1v) is 7.65. The summed E-state index contributed by atoms with van der Waals surface area (Å²) in [6, 6.07) is 1.56. The van der Waals surface area contributed by atoms with Crippen LogP contribution < -0.4 is 0 Å². The first kappa shape index (κ1) is 15.5. The molecule has 1 atom stereocenters. The van der Waals surface area contributed by atoms with Crippen LogP contribution in [0, 0.1) is 0 Å². The van der Waals surface area contributed by atoms with E-state index in [1.54, 1.807) is 22.8 Å². The summed E-state index contributed by atoms with van der Waals surface area (Å²) in [5.41, 5.74) is 0. The first-order chi connectivity index (χ1) is 10.1. The van der Waals surface area contributed by atoms with E-state index in [9.17, 15) is 9.59 Å². The number of piperidine rings is 1. The zero-order chi connectivity index (χ0) is 15.2. The van der Waals surface area contributed by atoms with Crippen molar-refractivity contribution in [2.75, 3.05) is 26.7 Å². The number of likely N-dealkylation sites (N-methyl/N-ethyl adjacent to an activating group) is 1. The SMILES string of the molecule is CC[C@H](C(=O)N(C)CCN1CCCCC1=O)n1cccn1. The molecule has 6 heteroatoms. The monoisotopic (exact) mass is 292 g/mol. The van der Waals surface area contributed by atoms with Gasteiger partial charge in [-0.1, -0.05) is 6.92 Å². The maximum Gasteiger partial charge on any atom is 0.247 e. The summed E-state index contributed by atoms with van der Waals surface area (Å²) in [5, 5.41) is 4.16. The minimum atomic E-state index is -0.262. The van der Waals surface area contributed by atoms with Crippen molar-refractivity contribution in [3.8, 4) is 0 Å². The van der Waals surface area contributed by atoms with Gasteiger partial charge in [-0.3, -0.25) is 14.3 Å². The number of hydrogen-bond acceptors (Lipinski definition) is 3. The Kier molecular flexibility index (Phi) is 5.36. The molecular formula is C15H24N4O2. The number of likely N-dealkylation sites (tertiary alicyclic amines) is 1. The smallest absolute Gasteiger partial charge is 0.247 e. The third-order valence-electron chi connectivity index (χ3n) is 4.02. The Labute approximate surface area is 125 Å². The predicted octanol–water partition coefficient (Wildman–Crippen LogP) is 1.31. The fourth-order valence-electron chi connectivity index (χ4n) is 2.67. The molecule has 1 aliphatic rings. The van der Waals surface area contributed by atoms with E-state index in [4.69, 9.17) is 0 Å². The highest BCUT2D eigenvalue weighted by atomic mass is 16.2. The number of hydrogen-bond donors (Lipinski definition) is 0. The Hall–Kier alpha value is -1.85. The van der Waals surface area contributed by atoms with Crippen LogP contribution in [0.15, 0.2) is 18.5 Å². The minimum Gasteiger partial charge on any atom is -0.342 e. The van der Waals surface area contributed by atoms with Crippen molar-refractivity contribution < 1.29 is 9.59 Å². The van der Waals surface area contributed by atoms with Crippen molar-refractivity contribution in [3.05, 3.63) is 18.5 Å². The van der Waals surface area contributed by atoms with Crippen molar-refractivity contribution in [2.45, 2.75) is 38.6 Å². The van der Waals surface area contributed by atoms with Crippen molar-refractivity contribution in [1.82, 2.24) is 19.6 Å². The third kappa shape index (κ3) is 3.83. The molecular weight excluding hydrogens is 268 g/mol. The average molecular weight is 292 g/mol. The lowest BCUT2D eigenvalue weighted by Crippen LogP contribution is -2.43. The number of nitrogens with zero attached hydrogens (tertiary/aromatic N) is 4. The Balaban J connectivity index is 1.88. The molecule has 1 aliphatic heterocycles. The summed E-state index contributed by atoms with van der Waals surface area (Å²) in [6.45, 7) is 3.99. The molecule has 2 amide bonds. The van der Waals surface area contributed by atoms with Gasteiger partial charge in [-0.25, -0.2) is 0 Å². The fourth-order valence-corrected chi connectivity index (χ4v) is 2.67. The topological polar surface area (TPSA) is 58.4 Å². The summed E-state index contributed by atoms with van der Waals surface area (Å²) < 4.78 is 1.70.